The number of hydrogen-bond donors (Lipinski definition) is 1. The Kier molecular flexibility index (Phi) is 18.4. The second-order valence-electron chi connectivity index (χ2n) is 7.07. The van der Waals surface area contributed by atoms with E-state index in [0.717, 1.165) is 8.97 Å². The zero-order valence-electron chi connectivity index (χ0n) is 13.5. The maximum atomic E-state index is 6.12. The summed E-state index contributed by atoms with van der Waals surface area (Å²) in [6, 6.07) is 0.401. The van der Waals surface area contributed by atoms with Crippen molar-refractivity contribution >= 4 is 12.4 Å². The highest BCUT2D eigenvalue weighted by Crippen LogP contribution is 2.06. The molecule has 0 aliphatic rings. The van der Waals surface area contributed by atoms with Gasteiger partial charge in [-0.05, 0) is 25.7 Å². The molecule has 0 bridgehead atoms. The molecule has 0 saturated heterocycles. The van der Waals surface area contributed by atoms with Crippen LogP contribution >= 0.6 is 12.4 Å². The summed E-state index contributed by atoms with van der Waals surface area (Å²) in [7, 11) is 13.4. The van der Waals surface area contributed by atoms with Crippen LogP contribution in [-0.2, 0) is 0 Å². The minimum absolute atomic E-state index is 0. The fourth-order valence-corrected chi connectivity index (χ4v) is 1.80. The van der Waals surface area contributed by atoms with Gasteiger partial charge in [-0.3, -0.25) is 0 Å². The first-order valence-electron chi connectivity index (χ1n) is 6.47. The van der Waals surface area contributed by atoms with Crippen molar-refractivity contribution in [2.75, 3.05) is 55.4 Å². The molecule has 0 aliphatic carbocycles. The molecule has 0 fully saturated rings. The maximum Gasteiger partial charge on any atom is 0.0781 e. The zero-order chi connectivity index (χ0) is 12.8. The van der Waals surface area contributed by atoms with Gasteiger partial charge in [0.05, 0.1) is 55.4 Å². The third-order valence-corrected chi connectivity index (χ3v) is 2.81. The Morgan fingerprint density at radius 2 is 1.00 bits per heavy atom. The minimum atomic E-state index is 0. The first-order chi connectivity index (χ1) is 7.10. The van der Waals surface area contributed by atoms with E-state index >= 15 is 0 Å². The topological polar surface area (TPSA) is 26.0 Å². The van der Waals surface area contributed by atoms with Crippen LogP contribution in [0.5, 0.6) is 0 Å². The quantitative estimate of drug-likeness (QED) is 0.446. The number of rotatable bonds is 8. The van der Waals surface area contributed by atoms with E-state index < -0.39 is 0 Å². The van der Waals surface area contributed by atoms with E-state index in [9.17, 15) is 0 Å². The van der Waals surface area contributed by atoms with Crippen molar-refractivity contribution in [3.63, 3.8) is 0 Å². The van der Waals surface area contributed by atoms with Crippen molar-refractivity contribution in [2.24, 2.45) is 5.73 Å². The molecule has 0 unspecified atom stereocenters. The number of hydrogen-bond acceptors (Lipinski definition) is 1. The van der Waals surface area contributed by atoms with Gasteiger partial charge in [0.15, 0.2) is 0 Å². The molecule has 2 N–H and O–H groups in total. The molecule has 0 aliphatic heterocycles. The van der Waals surface area contributed by atoms with Gasteiger partial charge in [0.25, 0.3) is 0 Å². The van der Waals surface area contributed by atoms with Gasteiger partial charge in [0.1, 0.15) is 0 Å². The molecule has 19 heavy (non-hydrogen) atoms. The third-order valence-electron chi connectivity index (χ3n) is 2.81. The van der Waals surface area contributed by atoms with Gasteiger partial charge < -0.3 is 39.5 Å². The lowest BCUT2D eigenvalue weighted by atomic mass is 10.1. The summed E-state index contributed by atoms with van der Waals surface area (Å²) in [6.07, 6.45) is 4.84. The molecule has 0 saturated carbocycles. The van der Waals surface area contributed by atoms with Crippen molar-refractivity contribution in [1.29, 1.82) is 0 Å². The van der Waals surface area contributed by atoms with Crippen LogP contribution in [0.4, 0.5) is 0 Å². The van der Waals surface area contributed by atoms with E-state index in [4.69, 9.17) is 5.73 Å². The van der Waals surface area contributed by atoms with Crippen molar-refractivity contribution in [3.8, 4) is 0 Å². The van der Waals surface area contributed by atoms with E-state index in [-0.39, 0.29) is 37.2 Å². The predicted molar refractivity (Wildman–Crippen MR) is 79.5 cm³/mol. The fraction of sp³-hybridized carbons (Fsp3) is 1.00. The second-order valence-corrected chi connectivity index (χ2v) is 7.07. The average Bonchev–Trinajstić information content (AvgIpc) is 1.98. The van der Waals surface area contributed by atoms with Gasteiger partial charge in [0.2, 0.25) is 0 Å². The van der Waals surface area contributed by atoms with Crippen LogP contribution in [0.15, 0.2) is 0 Å². The predicted octanol–water partition coefficient (Wildman–Crippen LogP) is -4.28. The molecule has 6 heteroatoms. The average molecular weight is 339 g/mol. The van der Waals surface area contributed by atoms with Gasteiger partial charge >= 0.3 is 0 Å². The molecule has 0 rings (SSSR count). The monoisotopic (exact) mass is 337 g/mol. The molecule has 122 valence electrons. The number of halogens is 3. The molecule has 0 atom stereocenters. The summed E-state index contributed by atoms with van der Waals surface area (Å²) in [5.41, 5.74) is 6.12. The van der Waals surface area contributed by atoms with Gasteiger partial charge in [0, 0.05) is 6.04 Å². The molecule has 0 heterocycles. The summed E-state index contributed by atoms with van der Waals surface area (Å²) < 4.78 is 2.09. The smallest absolute Gasteiger partial charge is 0.0781 e. The highest BCUT2D eigenvalue weighted by Gasteiger charge is 2.11. The Balaban J connectivity index is -0.000000375. The lowest BCUT2D eigenvalue weighted by Gasteiger charge is -2.25. The Morgan fingerprint density at radius 1 is 0.737 bits per heavy atom. The molecule has 3 nitrogen and oxygen atoms in total. The summed E-state index contributed by atoms with van der Waals surface area (Å²) in [5, 5.41) is 0. The molecule has 0 aromatic carbocycles. The minimum Gasteiger partial charge on any atom is -1.00 e. The second kappa shape index (κ2) is 12.5. The van der Waals surface area contributed by atoms with E-state index in [0.29, 0.717) is 6.04 Å². The Labute approximate surface area is 139 Å². The first kappa shape index (κ1) is 28.0. The van der Waals surface area contributed by atoms with Crippen LogP contribution in [0.2, 0.25) is 0 Å². The van der Waals surface area contributed by atoms with Crippen LogP contribution in [0, 0.1) is 0 Å². The zero-order valence-corrected chi connectivity index (χ0v) is 15.8. The van der Waals surface area contributed by atoms with Crippen molar-refractivity contribution in [2.45, 2.75) is 31.7 Å². The number of quaternary nitrogens is 2. The molecule has 0 radical (unpaired) electrons. The van der Waals surface area contributed by atoms with Gasteiger partial charge in [-0.25, -0.2) is 0 Å². The summed E-state index contributed by atoms with van der Waals surface area (Å²) in [5.74, 6) is 0. The Bertz CT molecular complexity index is 169. The fourth-order valence-electron chi connectivity index (χ4n) is 1.80. The first-order valence-corrected chi connectivity index (χ1v) is 6.47. The van der Waals surface area contributed by atoms with E-state index in [1.165, 1.54) is 38.8 Å². The molecule has 0 amide bonds. The highest BCUT2D eigenvalue weighted by atomic mass is 35.5. The SMILES string of the molecule is C[N+](C)(C)CCCC(N)CCC[N+](C)(C)C.Cl.[Cl-].[Cl-]. The molecule has 0 aromatic heterocycles. The highest BCUT2D eigenvalue weighted by molar-refractivity contribution is 5.85. The number of nitrogens with zero attached hydrogens (tertiary/aromatic N) is 2. The summed E-state index contributed by atoms with van der Waals surface area (Å²) >= 11 is 0. The van der Waals surface area contributed by atoms with Gasteiger partial charge in [-0.15, -0.1) is 12.4 Å². The van der Waals surface area contributed by atoms with Crippen molar-refractivity contribution < 1.29 is 33.8 Å². The van der Waals surface area contributed by atoms with E-state index in [1.807, 2.05) is 0 Å². The van der Waals surface area contributed by atoms with Crippen LogP contribution in [0.1, 0.15) is 25.7 Å². The van der Waals surface area contributed by atoms with Crippen LogP contribution in [0.25, 0.3) is 0 Å². The summed E-state index contributed by atoms with van der Waals surface area (Å²) in [6.45, 7) is 2.45. The Hall–Kier alpha value is 0.750. The van der Waals surface area contributed by atoms with Crippen LogP contribution in [-0.4, -0.2) is 70.4 Å². The number of nitrogens with two attached hydrogens (primary N) is 1. The lowest BCUT2D eigenvalue weighted by molar-refractivity contribution is -0.870. The maximum absolute atomic E-state index is 6.12. The van der Waals surface area contributed by atoms with Crippen molar-refractivity contribution in [1.82, 2.24) is 0 Å². The third kappa shape index (κ3) is 24.2. The standard InChI is InChI=1S/C13H33N3.3ClH/c1-15(2,3)11-7-9-13(14)10-8-12-16(4,5)6;;;/h13H,7-12,14H2,1-6H3;3*1H/q+2;;;/p-2. The molecule has 0 aromatic rings. The normalized spacial score (nSPS) is 11.4. The van der Waals surface area contributed by atoms with Crippen molar-refractivity contribution in [3.05, 3.63) is 0 Å². The summed E-state index contributed by atoms with van der Waals surface area (Å²) in [4.78, 5) is 0. The Morgan fingerprint density at radius 3 is 1.21 bits per heavy atom. The van der Waals surface area contributed by atoms with Gasteiger partial charge in [-0.2, -0.15) is 0 Å². The largest absolute Gasteiger partial charge is 1.00 e. The molecular weight excluding hydrogens is 305 g/mol. The van der Waals surface area contributed by atoms with E-state index in [2.05, 4.69) is 42.3 Å². The molecular formula is C13H34Cl3N3. The lowest BCUT2D eigenvalue weighted by Crippen LogP contribution is -3.00. The van der Waals surface area contributed by atoms with Crippen LogP contribution in [0.3, 0.4) is 0 Å². The molecule has 0 spiro atoms. The van der Waals surface area contributed by atoms with Gasteiger partial charge in [-0.1, -0.05) is 0 Å². The van der Waals surface area contributed by atoms with E-state index in [1.54, 1.807) is 0 Å². The van der Waals surface area contributed by atoms with Crippen LogP contribution < -0.4 is 30.5 Å².